The number of nitrogens with zero attached hydrogens (tertiary/aromatic N) is 1. The number of benzene rings is 1. The number of nitrogens with two attached hydrogens (primary N) is 1. The molecule has 0 aliphatic heterocycles. The van der Waals surface area contributed by atoms with E-state index >= 15 is 0 Å². The second kappa shape index (κ2) is 5.61. The summed E-state index contributed by atoms with van der Waals surface area (Å²) in [6, 6.07) is 8.04. The van der Waals surface area contributed by atoms with E-state index in [4.69, 9.17) is 10.5 Å². The summed E-state index contributed by atoms with van der Waals surface area (Å²) in [6.45, 7) is 5.98. The van der Waals surface area contributed by atoms with Crippen molar-refractivity contribution in [2.24, 2.45) is 0 Å². The zero-order chi connectivity index (χ0) is 11.3. The topological polar surface area (TPSA) is 38.5 Å². The molecule has 0 amide bonds. The molecule has 1 aromatic carbocycles. The van der Waals surface area contributed by atoms with Gasteiger partial charge in [-0.2, -0.15) is 0 Å². The number of hydrogen-bond donors (Lipinski definition) is 1. The first-order chi connectivity index (χ1) is 7.09. The number of likely N-dealkylation sites (N-methyl/N-ethyl adjacent to an activating group) is 1. The van der Waals surface area contributed by atoms with Crippen molar-refractivity contribution in [1.82, 2.24) is 4.90 Å². The molecule has 0 unspecified atom stereocenters. The largest absolute Gasteiger partial charge is 0.492 e. The van der Waals surface area contributed by atoms with E-state index in [1.54, 1.807) is 0 Å². The first-order valence-electron chi connectivity index (χ1n) is 5.28. The zero-order valence-electron chi connectivity index (χ0n) is 9.73. The minimum Gasteiger partial charge on any atom is -0.492 e. The Hall–Kier alpha value is -1.22. The first-order valence-corrected chi connectivity index (χ1v) is 5.28. The molecule has 1 rings (SSSR count). The molecule has 84 valence electrons. The molecule has 1 aromatic rings. The summed E-state index contributed by atoms with van der Waals surface area (Å²) < 4.78 is 5.58. The molecule has 0 saturated heterocycles. The van der Waals surface area contributed by atoms with Crippen LogP contribution >= 0.6 is 0 Å². The molecule has 15 heavy (non-hydrogen) atoms. The van der Waals surface area contributed by atoms with Crippen molar-refractivity contribution in [3.05, 3.63) is 24.3 Å². The van der Waals surface area contributed by atoms with Crippen LogP contribution in [0.25, 0.3) is 0 Å². The van der Waals surface area contributed by atoms with E-state index in [9.17, 15) is 0 Å². The quantitative estimate of drug-likeness (QED) is 0.752. The highest BCUT2D eigenvalue weighted by Crippen LogP contribution is 2.12. The lowest BCUT2D eigenvalue weighted by Gasteiger charge is -2.20. The summed E-state index contributed by atoms with van der Waals surface area (Å²) in [4.78, 5) is 2.25. The van der Waals surface area contributed by atoms with Crippen LogP contribution < -0.4 is 10.5 Å². The summed E-state index contributed by atoms with van der Waals surface area (Å²) in [5.74, 6) is 0.876. The molecular formula is C12H20N2O. The van der Waals surface area contributed by atoms with Gasteiger partial charge in [0.1, 0.15) is 12.4 Å². The van der Waals surface area contributed by atoms with Crippen molar-refractivity contribution in [1.29, 1.82) is 0 Å². The highest BCUT2D eigenvalue weighted by molar-refractivity contribution is 5.41. The summed E-state index contributed by atoms with van der Waals surface area (Å²) in [6.07, 6.45) is 0. The number of hydrogen-bond acceptors (Lipinski definition) is 3. The Morgan fingerprint density at radius 1 is 1.27 bits per heavy atom. The maximum atomic E-state index is 5.58. The Balaban J connectivity index is 2.29. The van der Waals surface area contributed by atoms with Gasteiger partial charge in [-0.3, -0.25) is 0 Å². The minimum absolute atomic E-state index is 0.556. The second-order valence-corrected chi connectivity index (χ2v) is 3.99. The van der Waals surface area contributed by atoms with Crippen LogP contribution in [0, 0.1) is 0 Å². The van der Waals surface area contributed by atoms with Crippen LogP contribution in [0.15, 0.2) is 24.3 Å². The van der Waals surface area contributed by atoms with Crippen molar-refractivity contribution in [2.75, 3.05) is 25.9 Å². The summed E-state index contributed by atoms with van der Waals surface area (Å²) in [5.41, 5.74) is 6.34. The normalized spacial score (nSPS) is 11.0. The molecule has 0 aliphatic rings. The molecule has 2 N–H and O–H groups in total. The smallest absolute Gasteiger partial charge is 0.119 e. The monoisotopic (exact) mass is 208 g/mol. The van der Waals surface area contributed by atoms with Crippen molar-refractivity contribution in [3.63, 3.8) is 0 Å². The van der Waals surface area contributed by atoms with Gasteiger partial charge in [0.25, 0.3) is 0 Å². The van der Waals surface area contributed by atoms with E-state index in [1.807, 2.05) is 24.3 Å². The van der Waals surface area contributed by atoms with Gasteiger partial charge in [-0.25, -0.2) is 0 Å². The van der Waals surface area contributed by atoms with Crippen LogP contribution in [0.4, 0.5) is 5.69 Å². The molecule has 0 heterocycles. The molecule has 0 bridgehead atoms. The Morgan fingerprint density at radius 3 is 2.40 bits per heavy atom. The predicted molar refractivity (Wildman–Crippen MR) is 64.1 cm³/mol. The maximum Gasteiger partial charge on any atom is 0.119 e. The third-order valence-corrected chi connectivity index (χ3v) is 2.47. The molecule has 0 spiro atoms. The van der Waals surface area contributed by atoms with Gasteiger partial charge in [-0.15, -0.1) is 0 Å². The minimum atomic E-state index is 0.556. The van der Waals surface area contributed by atoms with Crippen LogP contribution in [-0.2, 0) is 0 Å². The van der Waals surface area contributed by atoms with Crippen molar-refractivity contribution >= 4 is 5.69 Å². The second-order valence-electron chi connectivity index (χ2n) is 3.99. The van der Waals surface area contributed by atoms with Crippen molar-refractivity contribution in [3.8, 4) is 5.75 Å². The zero-order valence-corrected chi connectivity index (χ0v) is 9.73. The van der Waals surface area contributed by atoms with E-state index in [1.165, 1.54) is 0 Å². The van der Waals surface area contributed by atoms with E-state index in [-0.39, 0.29) is 0 Å². The van der Waals surface area contributed by atoms with E-state index in [2.05, 4.69) is 25.8 Å². The average molecular weight is 208 g/mol. The highest BCUT2D eigenvalue weighted by Gasteiger charge is 2.02. The van der Waals surface area contributed by atoms with E-state index in [0.717, 1.165) is 18.0 Å². The number of anilines is 1. The lowest BCUT2D eigenvalue weighted by molar-refractivity contribution is 0.208. The third-order valence-electron chi connectivity index (χ3n) is 2.47. The van der Waals surface area contributed by atoms with Crippen LogP contribution in [-0.4, -0.2) is 31.1 Å². The fourth-order valence-electron chi connectivity index (χ4n) is 1.13. The van der Waals surface area contributed by atoms with E-state index < -0.39 is 0 Å². The average Bonchev–Trinajstić information content (AvgIpc) is 2.20. The van der Waals surface area contributed by atoms with Gasteiger partial charge in [0.15, 0.2) is 0 Å². The number of nitrogen functional groups attached to an aromatic ring is 1. The lowest BCUT2D eigenvalue weighted by Crippen LogP contribution is -2.30. The maximum absolute atomic E-state index is 5.58. The molecule has 0 aliphatic carbocycles. The van der Waals surface area contributed by atoms with Crippen LogP contribution in [0.2, 0.25) is 0 Å². The molecular weight excluding hydrogens is 188 g/mol. The molecule has 3 nitrogen and oxygen atoms in total. The third kappa shape index (κ3) is 4.21. The van der Waals surface area contributed by atoms with Gasteiger partial charge < -0.3 is 15.4 Å². The summed E-state index contributed by atoms with van der Waals surface area (Å²) in [7, 11) is 2.09. The Morgan fingerprint density at radius 2 is 1.87 bits per heavy atom. The molecule has 3 heteroatoms. The number of ether oxygens (including phenoxy) is 1. The van der Waals surface area contributed by atoms with Gasteiger partial charge in [0.05, 0.1) is 0 Å². The summed E-state index contributed by atoms with van der Waals surface area (Å²) in [5, 5.41) is 0. The van der Waals surface area contributed by atoms with E-state index in [0.29, 0.717) is 12.6 Å². The van der Waals surface area contributed by atoms with Crippen LogP contribution in [0.5, 0.6) is 5.75 Å². The number of rotatable bonds is 5. The van der Waals surface area contributed by atoms with Crippen LogP contribution in [0.1, 0.15) is 13.8 Å². The predicted octanol–water partition coefficient (Wildman–Crippen LogP) is 1.99. The molecule has 0 fully saturated rings. The molecule has 0 atom stereocenters. The fraction of sp³-hybridized carbons (Fsp3) is 0.500. The van der Waals surface area contributed by atoms with Crippen molar-refractivity contribution in [2.45, 2.75) is 19.9 Å². The highest BCUT2D eigenvalue weighted by atomic mass is 16.5. The molecule has 0 radical (unpaired) electrons. The Kier molecular flexibility index (Phi) is 4.43. The SMILES string of the molecule is CC(C)N(C)CCOc1ccc(N)cc1. The Bertz CT molecular complexity index is 282. The van der Waals surface area contributed by atoms with Gasteiger partial charge in [0.2, 0.25) is 0 Å². The van der Waals surface area contributed by atoms with Gasteiger partial charge in [-0.05, 0) is 45.2 Å². The molecule has 0 aromatic heterocycles. The standard InChI is InChI=1S/C12H20N2O/c1-10(2)14(3)8-9-15-12-6-4-11(13)5-7-12/h4-7,10H,8-9,13H2,1-3H3. The molecule has 0 saturated carbocycles. The Labute approximate surface area is 91.8 Å². The summed E-state index contributed by atoms with van der Waals surface area (Å²) >= 11 is 0. The van der Waals surface area contributed by atoms with Gasteiger partial charge in [0, 0.05) is 18.3 Å². The first kappa shape index (κ1) is 11.9. The van der Waals surface area contributed by atoms with Crippen LogP contribution in [0.3, 0.4) is 0 Å². The van der Waals surface area contributed by atoms with Gasteiger partial charge in [-0.1, -0.05) is 0 Å². The lowest BCUT2D eigenvalue weighted by atomic mass is 10.3. The van der Waals surface area contributed by atoms with Gasteiger partial charge >= 0.3 is 0 Å². The van der Waals surface area contributed by atoms with Crippen molar-refractivity contribution < 1.29 is 4.74 Å². The fourth-order valence-corrected chi connectivity index (χ4v) is 1.13.